The van der Waals surface area contributed by atoms with Gasteiger partial charge < -0.3 is 15.1 Å². The fourth-order valence-electron chi connectivity index (χ4n) is 2.10. The first kappa shape index (κ1) is 14.2. The number of furan rings is 1. The van der Waals surface area contributed by atoms with Gasteiger partial charge in [0, 0.05) is 18.3 Å². The van der Waals surface area contributed by atoms with E-state index in [0.717, 1.165) is 29.1 Å². The molecule has 20 heavy (non-hydrogen) atoms. The molecule has 4 heteroatoms. The molecule has 0 bridgehead atoms. The van der Waals surface area contributed by atoms with Crippen LogP contribution in [0, 0.1) is 6.92 Å². The summed E-state index contributed by atoms with van der Waals surface area (Å²) < 4.78 is 5.45. The van der Waals surface area contributed by atoms with Gasteiger partial charge in [0.15, 0.2) is 0 Å². The molecule has 0 saturated carbocycles. The van der Waals surface area contributed by atoms with E-state index >= 15 is 0 Å². The van der Waals surface area contributed by atoms with Gasteiger partial charge >= 0.3 is 0 Å². The summed E-state index contributed by atoms with van der Waals surface area (Å²) in [5.41, 5.74) is 2.83. The third kappa shape index (κ3) is 3.41. The van der Waals surface area contributed by atoms with Crippen LogP contribution in [0.2, 0.25) is 0 Å². The van der Waals surface area contributed by atoms with Crippen molar-refractivity contribution < 1.29 is 9.21 Å². The second-order valence-corrected chi connectivity index (χ2v) is 4.83. The molecule has 106 valence electrons. The van der Waals surface area contributed by atoms with E-state index in [9.17, 15) is 4.79 Å². The summed E-state index contributed by atoms with van der Waals surface area (Å²) in [6.07, 6.45) is 2.59. The summed E-state index contributed by atoms with van der Waals surface area (Å²) in [6.45, 7) is 5.58. The number of carbonyl (C=O) groups is 1. The highest BCUT2D eigenvalue weighted by Crippen LogP contribution is 2.26. The predicted molar refractivity (Wildman–Crippen MR) is 80.8 cm³/mol. The molecule has 2 aromatic rings. The Balaban J connectivity index is 2.18. The van der Waals surface area contributed by atoms with Crippen LogP contribution in [0.25, 0.3) is 0 Å². The van der Waals surface area contributed by atoms with Crippen LogP contribution in [0.4, 0.5) is 11.4 Å². The van der Waals surface area contributed by atoms with E-state index in [4.69, 9.17) is 4.42 Å². The minimum absolute atomic E-state index is 0.0664. The highest BCUT2D eigenvalue weighted by molar-refractivity contribution is 5.90. The van der Waals surface area contributed by atoms with E-state index in [2.05, 4.69) is 17.6 Å². The molecule has 0 fully saturated rings. The SMILES string of the molecule is CCC(Nc1ccc(C)c(NC(C)=O)c1)c1ccco1. The fraction of sp³-hybridized carbons (Fsp3) is 0.312. The van der Waals surface area contributed by atoms with Crippen LogP contribution in [-0.4, -0.2) is 5.91 Å². The van der Waals surface area contributed by atoms with Gasteiger partial charge in [-0.1, -0.05) is 13.0 Å². The zero-order valence-electron chi connectivity index (χ0n) is 12.1. The number of hydrogen-bond acceptors (Lipinski definition) is 3. The second-order valence-electron chi connectivity index (χ2n) is 4.83. The largest absolute Gasteiger partial charge is 0.467 e. The summed E-state index contributed by atoms with van der Waals surface area (Å²) in [6, 6.07) is 9.91. The van der Waals surface area contributed by atoms with Gasteiger partial charge in [0.1, 0.15) is 5.76 Å². The maximum Gasteiger partial charge on any atom is 0.221 e. The number of hydrogen-bond donors (Lipinski definition) is 2. The number of amides is 1. The number of aryl methyl sites for hydroxylation is 1. The Hall–Kier alpha value is -2.23. The highest BCUT2D eigenvalue weighted by Gasteiger charge is 2.12. The molecule has 0 saturated heterocycles. The fourth-order valence-corrected chi connectivity index (χ4v) is 2.10. The van der Waals surface area contributed by atoms with Crippen LogP contribution in [0.5, 0.6) is 0 Å². The van der Waals surface area contributed by atoms with E-state index in [1.165, 1.54) is 6.92 Å². The molecule has 0 aliphatic carbocycles. The lowest BCUT2D eigenvalue weighted by Crippen LogP contribution is -2.11. The monoisotopic (exact) mass is 272 g/mol. The molecule has 0 spiro atoms. The van der Waals surface area contributed by atoms with Crippen LogP contribution >= 0.6 is 0 Å². The Morgan fingerprint density at radius 1 is 1.35 bits per heavy atom. The van der Waals surface area contributed by atoms with Crippen LogP contribution in [0.3, 0.4) is 0 Å². The van der Waals surface area contributed by atoms with Gasteiger partial charge in [0.05, 0.1) is 12.3 Å². The summed E-state index contributed by atoms with van der Waals surface area (Å²) in [4.78, 5) is 11.2. The highest BCUT2D eigenvalue weighted by atomic mass is 16.3. The lowest BCUT2D eigenvalue weighted by Gasteiger charge is -2.17. The minimum Gasteiger partial charge on any atom is -0.467 e. The number of carbonyl (C=O) groups excluding carboxylic acids is 1. The third-order valence-corrected chi connectivity index (χ3v) is 3.18. The van der Waals surface area contributed by atoms with Crippen molar-refractivity contribution in [2.45, 2.75) is 33.2 Å². The lowest BCUT2D eigenvalue weighted by atomic mass is 10.1. The third-order valence-electron chi connectivity index (χ3n) is 3.18. The number of nitrogens with one attached hydrogen (secondary N) is 2. The zero-order valence-corrected chi connectivity index (χ0v) is 12.1. The number of rotatable bonds is 5. The average Bonchev–Trinajstić information content (AvgIpc) is 2.93. The van der Waals surface area contributed by atoms with Gasteiger partial charge in [-0.15, -0.1) is 0 Å². The standard InChI is InChI=1S/C16H20N2O2/c1-4-14(16-6-5-9-20-16)18-13-8-7-11(2)15(10-13)17-12(3)19/h5-10,14,18H,4H2,1-3H3,(H,17,19). The maximum atomic E-state index is 11.2. The Labute approximate surface area is 119 Å². The van der Waals surface area contributed by atoms with Crippen molar-refractivity contribution in [2.75, 3.05) is 10.6 Å². The first-order chi connectivity index (χ1) is 9.60. The van der Waals surface area contributed by atoms with Crippen LogP contribution in [-0.2, 0) is 4.79 Å². The predicted octanol–water partition coefficient (Wildman–Crippen LogP) is 4.11. The van der Waals surface area contributed by atoms with Crippen molar-refractivity contribution in [3.63, 3.8) is 0 Å². The number of benzene rings is 1. The topological polar surface area (TPSA) is 54.3 Å². The second kappa shape index (κ2) is 6.28. The molecule has 1 heterocycles. The molecule has 1 aromatic heterocycles. The molecule has 2 rings (SSSR count). The van der Waals surface area contributed by atoms with Gasteiger partial charge in [0.2, 0.25) is 5.91 Å². The van der Waals surface area contributed by atoms with Crippen molar-refractivity contribution in [3.05, 3.63) is 47.9 Å². The quantitative estimate of drug-likeness (QED) is 0.861. The Morgan fingerprint density at radius 2 is 2.15 bits per heavy atom. The molecule has 2 N–H and O–H groups in total. The molecule has 0 aliphatic rings. The minimum atomic E-state index is -0.0664. The smallest absolute Gasteiger partial charge is 0.221 e. The van der Waals surface area contributed by atoms with Crippen LogP contribution in [0.1, 0.15) is 37.6 Å². The molecule has 4 nitrogen and oxygen atoms in total. The molecule has 1 amide bonds. The Morgan fingerprint density at radius 3 is 2.75 bits per heavy atom. The Kier molecular flexibility index (Phi) is 4.45. The molecule has 0 aliphatic heterocycles. The first-order valence-corrected chi connectivity index (χ1v) is 6.78. The molecular formula is C16H20N2O2. The molecular weight excluding hydrogens is 252 g/mol. The van der Waals surface area contributed by atoms with Gasteiger partial charge in [-0.25, -0.2) is 0 Å². The normalized spacial score (nSPS) is 11.9. The van der Waals surface area contributed by atoms with Crippen molar-refractivity contribution >= 4 is 17.3 Å². The molecule has 1 atom stereocenters. The summed E-state index contributed by atoms with van der Waals surface area (Å²) in [7, 11) is 0. The Bertz CT molecular complexity index is 576. The van der Waals surface area contributed by atoms with E-state index in [1.807, 2.05) is 37.3 Å². The van der Waals surface area contributed by atoms with Gasteiger partial charge in [-0.3, -0.25) is 4.79 Å². The van der Waals surface area contributed by atoms with Crippen molar-refractivity contribution in [2.24, 2.45) is 0 Å². The summed E-state index contributed by atoms with van der Waals surface area (Å²) in [5.74, 6) is 0.845. The van der Waals surface area contributed by atoms with Gasteiger partial charge in [-0.05, 0) is 43.2 Å². The first-order valence-electron chi connectivity index (χ1n) is 6.78. The molecule has 0 radical (unpaired) electrons. The van der Waals surface area contributed by atoms with Gasteiger partial charge in [0.25, 0.3) is 0 Å². The average molecular weight is 272 g/mol. The van der Waals surface area contributed by atoms with Gasteiger partial charge in [-0.2, -0.15) is 0 Å². The van der Waals surface area contributed by atoms with E-state index < -0.39 is 0 Å². The maximum absolute atomic E-state index is 11.2. The van der Waals surface area contributed by atoms with E-state index in [-0.39, 0.29) is 11.9 Å². The lowest BCUT2D eigenvalue weighted by molar-refractivity contribution is -0.114. The molecule has 1 unspecified atom stereocenters. The van der Waals surface area contributed by atoms with Crippen LogP contribution < -0.4 is 10.6 Å². The summed E-state index contributed by atoms with van der Waals surface area (Å²) in [5, 5.41) is 6.26. The molecule has 1 aromatic carbocycles. The van der Waals surface area contributed by atoms with E-state index in [1.54, 1.807) is 6.26 Å². The van der Waals surface area contributed by atoms with E-state index in [0.29, 0.717) is 0 Å². The summed E-state index contributed by atoms with van der Waals surface area (Å²) >= 11 is 0. The van der Waals surface area contributed by atoms with Crippen LogP contribution in [0.15, 0.2) is 41.0 Å². The zero-order chi connectivity index (χ0) is 14.5. The van der Waals surface area contributed by atoms with Crippen molar-refractivity contribution in [1.29, 1.82) is 0 Å². The van der Waals surface area contributed by atoms with Crippen molar-refractivity contribution in [3.8, 4) is 0 Å². The van der Waals surface area contributed by atoms with Crippen molar-refractivity contribution in [1.82, 2.24) is 0 Å². The number of anilines is 2.